The molecule has 0 saturated heterocycles. The van der Waals surface area contributed by atoms with Crippen molar-refractivity contribution < 1.29 is 0 Å². The first-order valence-electron chi connectivity index (χ1n) is 20.7. The molecular formula is C54H48B2. The molecule has 0 bridgehead atoms. The highest BCUT2D eigenvalue weighted by molar-refractivity contribution is 6.99. The van der Waals surface area contributed by atoms with Gasteiger partial charge in [0.2, 0.25) is 13.4 Å². The van der Waals surface area contributed by atoms with Gasteiger partial charge in [-0.2, -0.15) is 0 Å². The van der Waals surface area contributed by atoms with Gasteiger partial charge in [0, 0.05) is 0 Å². The monoisotopic (exact) mass is 718 g/mol. The summed E-state index contributed by atoms with van der Waals surface area (Å²) in [5.74, 6) is 0.730. The Labute approximate surface area is 333 Å². The third-order valence-corrected chi connectivity index (χ3v) is 13.1. The molecule has 56 heavy (non-hydrogen) atoms. The molecule has 0 radical (unpaired) electrons. The van der Waals surface area contributed by atoms with Gasteiger partial charge in [0.25, 0.3) is 0 Å². The third-order valence-electron chi connectivity index (χ3n) is 13.1. The smallest absolute Gasteiger partial charge is 0.0680 e. The molecule has 0 aromatic heterocycles. The molecule has 8 aromatic carbocycles. The molecule has 8 aromatic rings. The fourth-order valence-electron chi connectivity index (χ4n) is 10.8. The summed E-state index contributed by atoms with van der Waals surface area (Å²) in [6.45, 7) is 18.8. The van der Waals surface area contributed by atoms with E-state index in [9.17, 15) is 0 Å². The minimum atomic E-state index is 0.121. The van der Waals surface area contributed by atoms with Gasteiger partial charge in [0.1, 0.15) is 0 Å². The maximum atomic E-state index is 2.58. The van der Waals surface area contributed by atoms with Crippen molar-refractivity contribution in [2.45, 2.75) is 67.2 Å². The zero-order valence-corrected chi connectivity index (χ0v) is 34.0. The van der Waals surface area contributed by atoms with Crippen LogP contribution in [0, 0.1) is 0 Å². The fourth-order valence-corrected chi connectivity index (χ4v) is 10.8. The van der Waals surface area contributed by atoms with Gasteiger partial charge in [-0.1, -0.05) is 205 Å². The lowest BCUT2D eigenvalue weighted by Gasteiger charge is -2.33. The van der Waals surface area contributed by atoms with Crippen molar-refractivity contribution in [3.8, 4) is 0 Å². The van der Waals surface area contributed by atoms with Crippen LogP contribution in [-0.4, -0.2) is 13.4 Å². The predicted molar refractivity (Wildman–Crippen MR) is 248 cm³/mol. The summed E-state index contributed by atoms with van der Waals surface area (Å²) in [7, 11) is 0. The van der Waals surface area contributed by atoms with Gasteiger partial charge in [-0.05, 0) is 116 Å². The molecule has 10 rings (SSSR count). The molecular weight excluding hydrogens is 670 g/mol. The number of benzene rings is 8. The van der Waals surface area contributed by atoms with Crippen LogP contribution in [0.5, 0.6) is 0 Å². The van der Waals surface area contributed by atoms with Gasteiger partial charge in [0.15, 0.2) is 0 Å². The Balaban J connectivity index is 1.35. The molecule has 0 unspecified atom stereocenters. The Morgan fingerprint density at radius 1 is 0.357 bits per heavy atom. The van der Waals surface area contributed by atoms with Crippen molar-refractivity contribution in [1.82, 2.24) is 0 Å². The Morgan fingerprint density at radius 2 is 0.643 bits per heavy atom. The van der Waals surface area contributed by atoms with Crippen LogP contribution in [0.3, 0.4) is 0 Å². The molecule has 0 nitrogen and oxygen atoms in total. The minimum Gasteiger partial charge on any atom is -0.0680 e. The molecule has 2 heterocycles. The van der Waals surface area contributed by atoms with Crippen molar-refractivity contribution in [1.29, 1.82) is 0 Å². The maximum absolute atomic E-state index is 2.58. The van der Waals surface area contributed by atoms with E-state index in [1.165, 1.54) is 121 Å². The molecule has 0 N–H and O–H groups in total. The second kappa shape index (κ2) is 13.0. The van der Waals surface area contributed by atoms with Gasteiger partial charge in [-0.15, -0.1) is 0 Å². The standard InChI is InChI=1S/C54H48B2/c1-31(2)43-29-49(55-45-21-13-9-17-37(45)51(33(5)6)38-18-10-14-22-46(38)55)41-28-26-36-44(32(3)4)30-50(42-27-25-35(43)53(41)54(36)42)56-47-23-15-11-19-39(47)52(34(7)8)40-20-12-16-24-48(40)56/h9-32H,1-8H3. The van der Waals surface area contributed by atoms with E-state index in [1.54, 1.807) is 0 Å². The van der Waals surface area contributed by atoms with Gasteiger partial charge in [-0.25, -0.2) is 0 Å². The summed E-state index contributed by atoms with van der Waals surface area (Å²) >= 11 is 0. The van der Waals surface area contributed by atoms with E-state index in [0.717, 1.165) is 0 Å². The van der Waals surface area contributed by atoms with Crippen molar-refractivity contribution in [3.63, 3.8) is 0 Å². The predicted octanol–water partition coefficient (Wildman–Crippen LogP) is 10.2. The molecule has 0 amide bonds. The summed E-state index contributed by atoms with van der Waals surface area (Å²) < 4.78 is 0. The van der Waals surface area contributed by atoms with E-state index in [2.05, 4.69) is 189 Å². The van der Waals surface area contributed by atoms with Crippen LogP contribution in [0.25, 0.3) is 43.5 Å². The lowest BCUT2D eigenvalue weighted by molar-refractivity contribution is 0.877. The van der Waals surface area contributed by atoms with Crippen molar-refractivity contribution >= 4 is 89.7 Å². The molecule has 0 fully saturated rings. The molecule has 0 aliphatic carbocycles. The van der Waals surface area contributed by atoms with Crippen molar-refractivity contribution in [2.75, 3.05) is 0 Å². The van der Waals surface area contributed by atoms with Crippen molar-refractivity contribution in [3.05, 3.63) is 178 Å². The van der Waals surface area contributed by atoms with Crippen LogP contribution in [-0.2, 0) is 0 Å². The van der Waals surface area contributed by atoms with Gasteiger partial charge in [0.05, 0.1) is 0 Å². The molecule has 0 spiro atoms. The van der Waals surface area contributed by atoms with Gasteiger partial charge in [-0.3, -0.25) is 0 Å². The average Bonchev–Trinajstić information content (AvgIpc) is 3.20. The summed E-state index contributed by atoms with van der Waals surface area (Å²) in [6, 6.07) is 51.8. The summed E-state index contributed by atoms with van der Waals surface area (Å²) in [6.07, 6.45) is 0. The Kier molecular flexibility index (Phi) is 8.09. The molecule has 2 heteroatoms. The first kappa shape index (κ1) is 34.9. The summed E-state index contributed by atoms with van der Waals surface area (Å²) in [5, 5.41) is 8.39. The Bertz CT molecular complexity index is 2660. The van der Waals surface area contributed by atoms with E-state index in [0.29, 0.717) is 11.8 Å². The quantitative estimate of drug-likeness (QED) is 0.126. The minimum absolute atomic E-state index is 0.121. The molecule has 270 valence electrons. The Hall–Kier alpha value is -5.59. The third kappa shape index (κ3) is 4.94. The topological polar surface area (TPSA) is 0 Å². The first-order valence-corrected chi connectivity index (χ1v) is 20.7. The summed E-state index contributed by atoms with van der Waals surface area (Å²) in [4.78, 5) is 0. The lowest BCUT2D eigenvalue weighted by atomic mass is 9.32. The van der Waals surface area contributed by atoms with Crippen LogP contribution in [0.2, 0.25) is 0 Å². The molecule has 2 aliphatic rings. The highest BCUT2D eigenvalue weighted by Crippen LogP contribution is 2.41. The number of hydrogen-bond acceptors (Lipinski definition) is 0. The molecule has 2 aliphatic heterocycles. The van der Waals surface area contributed by atoms with Gasteiger partial charge >= 0.3 is 0 Å². The van der Waals surface area contributed by atoms with Gasteiger partial charge < -0.3 is 0 Å². The zero-order valence-electron chi connectivity index (χ0n) is 34.0. The van der Waals surface area contributed by atoms with E-state index in [4.69, 9.17) is 0 Å². The normalized spacial score (nSPS) is 13.5. The molecule has 0 atom stereocenters. The SMILES string of the molecule is CC(C)=C1c2ccccc2B(c2cc(C(C)C)c3ccc4c(B5c6ccccc6C(=C(C)C)c6ccccc65)cc(C(C)C)c5ccc2c3c45)c2ccccc21. The fraction of sp³-hybridized carbons (Fsp3) is 0.185. The van der Waals surface area contributed by atoms with E-state index < -0.39 is 0 Å². The number of hydrogen-bond donors (Lipinski definition) is 0. The second-order valence-electron chi connectivity index (χ2n) is 17.5. The summed E-state index contributed by atoms with van der Waals surface area (Å²) in [5.41, 5.74) is 22.2. The highest BCUT2D eigenvalue weighted by Gasteiger charge is 2.37. The largest absolute Gasteiger partial charge is 0.243 e. The van der Waals surface area contributed by atoms with E-state index >= 15 is 0 Å². The Morgan fingerprint density at radius 3 is 0.929 bits per heavy atom. The van der Waals surface area contributed by atoms with Crippen LogP contribution in [0.15, 0.2) is 145 Å². The maximum Gasteiger partial charge on any atom is 0.243 e. The van der Waals surface area contributed by atoms with Crippen LogP contribution in [0.1, 0.15) is 101 Å². The van der Waals surface area contributed by atoms with E-state index in [1.807, 2.05) is 0 Å². The molecule has 0 saturated carbocycles. The first-order chi connectivity index (χ1) is 27.2. The number of allylic oxidation sites excluding steroid dienone is 2. The number of fused-ring (bicyclic) bond motifs is 4. The number of rotatable bonds is 4. The van der Waals surface area contributed by atoms with Crippen LogP contribution >= 0.6 is 0 Å². The second-order valence-corrected chi connectivity index (χ2v) is 17.5. The van der Waals surface area contributed by atoms with Crippen LogP contribution in [0.4, 0.5) is 0 Å². The average molecular weight is 719 g/mol. The van der Waals surface area contributed by atoms with Crippen molar-refractivity contribution in [2.24, 2.45) is 0 Å². The van der Waals surface area contributed by atoms with Crippen LogP contribution < -0.4 is 32.8 Å². The van der Waals surface area contributed by atoms with E-state index in [-0.39, 0.29) is 13.4 Å². The zero-order chi connectivity index (χ0) is 38.6. The lowest BCUT2D eigenvalue weighted by Crippen LogP contribution is -2.57. The highest BCUT2D eigenvalue weighted by atomic mass is 14.3.